The fraction of sp³-hybridized carbons (Fsp3) is 0.100. The molecule has 0 aliphatic carbocycles. The smallest absolute Gasteiger partial charge is 0.323 e. The number of halogens is 1. The van der Waals surface area contributed by atoms with Crippen molar-refractivity contribution < 1.29 is 15.0 Å². The van der Waals surface area contributed by atoms with Gasteiger partial charge in [-0.25, -0.2) is 0 Å². The maximum atomic E-state index is 10.7. The first kappa shape index (κ1) is 10.0. The van der Waals surface area contributed by atoms with Gasteiger partial charge in [-0.1, -0.05) is 12.1 Å². The van der Waals surface area contributed by atoms with Gasteiger partial charge in [-0.3, -0.25) is 4.79 Å². The molecule has 1 heterocycles. The van der Waals surface area contributed by atoms with Gasteiger partial charge in [0.2, 0.25) is 0 Å². The van der Waals surface area contributed by atoms with E-state index in [1.54, 1.807) is 12.1 Å². The molecule has 0 fully saturated rings. The molecule has 0 amide bonds. The molecule has 0 spiro atoms. The van der Waals surface area contributed by atoms with E-state index < -0.39 is 5.97 Å². The topological polar surface area (TPSA) is 62.5 Å². The largest absolute Gasteiger partial charge is 0.506 e. The Morgan fingerprint density at radius 1 is 1.47 bits per heavy atom. The number of carboxylic acids is 1. The average Bonchev–Trinajstić information content (AvgIpc) is 2.43. The lowest BCUT2D eigenvalue weighted by molar-refractivity contribution is -0.137. The fourth-order valence-corrected chi connectivity index (χ4v) is 2.11. The molecule has 2 aromatic rings. The summed E-state index contributed by atoms with van der Waals surface area (Å²) >= 11 is 3.26. The van der Waals surface area contributed by atoms with E-state index >= 15 is 0 Å². The Hall–Kier alpha value is -1.49. The van der Waals surface area contributed by atoms with Crippen LogP contribution in [0, 0.1) is 0 Å². The minimum Gasteiger partial charge on any atom is -0.506 e. The predicted octanol–water partition coefficient (Wildman–Crippen LogP) is 2.19. The number of phenols is 1. The molecule has 0 atom stereocenters. The normalized spacial score (nSPS) is 10.7. The first-order chi connectivity index (χ1) is 7.09. The van der Waals surface area contributed by atoms with E-state index in [0.717, 1.165) is 5.39 Å². The van der Waals surface area contributed by atoms with E-state index in [1.807, 2.05) is 6.07 Å². The SMILES string of the molecule is O=C(O)Cn1c(Br)cc2cccc(O)c21. The third-order valence-electron chi connectivity index (χ3n) is 2.14. The van der Waals surface area contributed by atoms with E-state index in [4.69, 9.17) is 5.11 Å². The lowest BCUT2D eigenvalue weighted by Gasteiger charge is -2.04. The monoisotopic (exact) mass is 269 g/mol. The summed E-state index contributed by atoms with van der Waals surface area (Å²) in [6.45, 7) is -0.179. The molecular weight excluding hydrogens is 262 g/mol. The zero-order chi connectivity index (χ0) is 11.0. The molecule has 0 saturated carbocycles. The molecule has 0 unspecified atom stereocenters. The van der Waals surface area contributed by atoms with Crippen molar-refractivity contribution in [3.05, 3.63) is 28.9 Å². The minimum atomic E-state index is -0.948. The lowest BCUT2D eigenvalue weighted by atomic mass is 10.2. The first-order valence-corrected chi connectivity index (χ1v) is 5.07. The highest BCUT2D eigenvalue weighted by Crippen LogP contribution is 2.30. The van der Waals surface area contributed by atoms with Crippen molar-refractivity contribution in [2.45, 2.75) is 6.54 Å². The van der Waals surface area contributed by atoms with Crippen LogP contribution in [0.15, 0.2) is 28.9 Å². The molecular formula is C10H8BrNO3. The summed E-state index contributed by atoms with van der Waals surface area (Å²) < 4.78 is 2.15. The van der Waals surface area contributed by atoms with E-state index in [-0.39, 0.29) is 12.3 Å². The summed E-state index contributed by atoms with van der Waals surface area (Å²) in [5, 5.41) is 19.2. The Labute approximate surface area is 93.9 Å². The predicted molar refractivity (Wildman–Crippen MR) is 58.9 cm³/mol. The van der Waals surface area contributed by atoms with Gasteiger partial charge in [-0.15, -0.1) is 0 Å². The zero-order valence-electron chi connectivity index (χ0n) is 7.64. The molecule has 15 heavy (non-hydrogen) atoms. The molecule has 2 N–H and O–H groups in total. The number of phenolic OH excluding ortho intramolecular Hbond substituents is 1. The van der Waals surface area contributed by atoms with Crippen LogP contribution in [0.25, 0.3) is 10.9 Å². The van der Waals surface area contributed by atoms with Crippen molar-refractivity contribution >= 4 is 32.8 Å². The number of para-hydroxylation sites is 1. The summed E-state index contributed by atoms with van der Waals surface area (Å²) in [6.07, 6.45) is 0. The van der Waals surface area contributed by atoms with E-state index in [2.05, 4.69) is 15.9 Å². The number of fused-ring (bicyclic) bond motifs is 1. The van der Waals surface area contributed by atoms with Crippen LogP contribution in [-0.2, 0) is 11.3 Å². The average molecular weight is 270 g/mol. The third kappa shape index (κ3) is 1.70. The quantitative estimate of drug-likeness (QED) is 0.879. The van der Waals surface area contributed by atoms with Gasteiger partial charge < -0.3 is 14.8 Å². The summed E-state index contributed by atoms with van der Waals surface area (Å²) in [7, 11) is 0. The second-order valence-electron chi connectivity index (χ2n) is 3.16. The minimum absolute atomic E-state index is 0.0828. The molecule has 0 saturated heterocycles. The van der Waals surface area contributed by atoms with Gasteiger partial charge in [-0.05, 0) is 28.1 Å². The number of rotatable bonds is 2. The van der Waals surface area contributed by atoms with Crippen LogP contribution in [0.5, 0.6) is 5.75 Å². The molecule has 0 bridgehead atoms. The molecule has 0 aliphatic rings. The first-order valence-electron chi connectivity index (χ1n) is 4.28. The van der Waals surface area contributed by atoms with Crippen molar-refractivity contribution in [3.8, 4) is 5.75 Å². The maximum Gasteiger partial charge on any atom is 0.323 e. The maximum absolute atomic E-state index is 10.7. The number of benzene rings is 1. The highest BCUT2D eigenvalue weighted by molar-refractivity contribution is 9.10. The number of nitrogens with zero attached hydrogens (tertiary/aromatic N) is 1. The van der Waals surface area contributed by atoms with Gasteiger partial charge in [0, 0.05) is 5.39 Å². The van der Waals surface area contributed by atoms with Gasteiger partial charge in [0.05, 0.1) is 10.1 Å². The lowest BCUT2D eigenvalue weighted by Crippen LogP contribution is -2.08. The highest BCUT2D eigenvalue weighted by atomic mass is 79.9. The van der Waals surface area contributed by atoms with Crippen molar-refractivity contribution in [1.82, 2.24) is 4.57 Å². The Kier molecular flexibility index (Phi) is 2.40. The van der Waals surface area contributed by atoms with Crippen LogP contribution in [0.1, 0.15) is 0 Å². The second-order valence-corrected chi connectivity index (χ2v) is 3.97. The number of aromatic hydroxyl groups is 1. The standard InChI is InChI=1S/C10H8BrNO3/c11-8-4-6-2-1-3-7(13)10(6)12(8)5-9(14)15/h1-4,13H,5H2,(H,14,15). The number of hydrogen-bond donors (Lipinski definition) is 2. The van der Waals surface area contributed by atoms with Crippen LogP contribution in [0.3, 0.4) is 0 Å². The summed E-state index contributed by atoms with van der Waals surface area (Å²) in [5.74, 6) is -0.865. The van der Waals surface area contributed by atoms with Crippen LogP contribution in [0.4, 0.5) is 0 Å². The Morgan fingerprint density at radius 2 is 2.20 bits per heavy atom. The molecule has 78 valence electrons. The van der Waals surface area contributed by atoms with E-state index in [0.29, 0.717) is 10.1 Å². The summed E-state index contributed by atoms with van der Waals surface area (Å²) in [4.78, 5) is 10.7. The number of carboxylic acid groups (broad SMARTS) is 1. The Morgan fingerprint density at radius 3 is 2.87 bits per heavy atom. The Balaban J connectivity index is 2.71. The number of carbonyl (C=O) groups is 1. The van der Waals surface area contributed by atoms with Gasteiger partial charge in [0.1, 0.15) is 12.3 Å². The zero-order valence-corrected chi connectivity index (χ0v) is 9.23. The van der Waals surface area contributed by atoms with E-state index in [1.165, 1.54) is 10.6 Å². The third-order valence-corrected chi connectivity index (χ3v) is 2.80. The molecule has 0 radical (unpaired) electrons. The van der Waals surface area contributed by atoms with Crippen LogP contribution >= 0.6 is 15.9 Å². The second kappa shape index (κ2) is 3.58. The van der Waals surface area contributed by atoms with Gasteiger partial charge in [0.15, 0.2) is 0 Å². The number of aliphatic carboxylic acids is 1. The summed E-state index contributed by atoms with van der Waals surface area (Å²) in [6, 6.07) is 6.85. The molecule has 0 aliphatic heterocycles. The van der Waals surface area contributed by atoms with Crippen molar-refractivity contribution in [2.24, 2.45) is 0 Å². The van der Waals surface area contributed by atoms with Crippen molar-refractivity contribution in [1.29, 1.82) is 0 Å². The molecule has 5 heteroatoms. The van der Waals surface area contributed by atoms with Crippen LogP contribution < -0.4 is 0 Å². The van der Waals surface area contributed by atoms with Gasteiger partial charge in [0.25, 0.3) is 0 Å². The highest BCUT2D eigenvalue weighted by Gasteiger charge is 2.12. The molecule has 4 nitrogen and oxygen atoms in total. The van der Waals surface area contributed by atoms with Crippen molar-refractivity contribution in [3.63, 3.8) is 0 Å². The molecule has 1 aromatic carbocycles. The van der Waals surface area contributed by atoms with Gasteiger partial charge >= 0.3 is 5.97 Å². The summed E-state index contributed by atoms with van der Waals surface area (Å²) in [5.41, 5.74) is 0.534. The van der Waals surface area contributed by atoms with Crippen molar-refractivity contribution in [2.75, 3.05) is 0 Å². The van der Waals surface area contributed by atoms with Gasteiger partial charge in [-0.2, -0.15) is 0 Å². The Bertz CT molecular complexity index is 533. The fourth-order valence-electron chi connectivity index (χ4n) is 1.56. The van der Waals surface area contributed by atoms with E-state index in [9.17, 15) is 9.90 Å². The number of aromatic nitrogens is 1. The number of hydrogen-bond acceptors (Lipinski definition) is 2. The van der Waals surface area contributed by atoms with Crippen LogP contribution in [0.2, 0.25) is 0 Å². The molecule has 1 aromatic heterocycles. The molecule has 2 rings (SSSR count). The van der Waals surface area contributed by atoms with Crippen LogP contribution in [-0.4, -0.2) is 20.7 Å².